The highest BCUT2D eigenvalue weighted by Crippen LogP contribution is 2.24. The predicted molar refractivity (Wildman–Crippen MR) is 73.7 cm³/mol. The normalized spacial score (nSPS) is 10.7. The van der Waals surface area contributed by atoms with Crippen molar-refractivity contribution in [3.63, 3.8) is 0 Å². The van der Waals surface area contributed by atoms with Crippen LogP contribution in [0.5, 0.6) is 0 Å². The molecule has 18 heavy (non-hydrogen) atoms. The van der Waals surface area contributed by atoms with Crippen LogP contribution in [0.3, 0.4) is 0 Å². The molecule has 0 saturated carbocycles. The standard InChI is InChI=1S/C16H13NO/c1-12(18)17-10-9-14-7-8-15(11-16(14)17)13-5-3-2-4-6-13/h2-11H,1H3. The molecule has 0 atom stereocenters. The molecular weight excluding hydrogens is 222 g/mol. The Morgan fingerprint density at radius 1 is 0.944 bits per heavy atom. The zero-order chi connectivity index (χ0) is 12.5. The average molecular weight is 235 g/mol. The molecule has 0 amide bonds. The van der Waals surface area contributed by atoms with E-state index in [1.165, 1.54) is 0 Å². The Morgan fingerprint density at radius 3 is 2.44 bits per heavy atom. The summed E-state index contributed by atoms with van der Waals surface area (Å²) < 4.78 is 1.68. The molecule has 3 aromatic rings. The van der Waals surface area contributed by atoms with Crippen LogP contribution in [-0.4, -0.2) is 10.5 Å². The van der Waals surface area contributed by atoms with Gasteiger partial charge >= 0.3 is 0 Å². The Hall–Kier alpha value is -2.35. The molecule has 1 aromatic heterocycles. The fourth-order valence-corrected chi connectivity index (χ4v) is 2.21. The summed E-state index contributed by atoms with van der Waals surface area (Å²) >= 11 is 0. The number of aromatic nitrogens is 1. The Labute approximate surface area is 105 Å². The Kier molecular flexibility index (Phi) is 2.49. The number of fused-ring (bicyclic) bond motifs is 1. The predicted octanol–water partition coefficient (Wildman–Crippen LogP) is 3.97. The fourth-order valence-electron chi connectivity index (χ4n) is 2.21. The smallest absolute Gasteiger partial charge is 0.227 e. The van der Waals surface area contributed by atoms with Crippen LogP contribution in [0.1, 0.15) is 11.7 Å². The van der Waals surface area contributed by atoms with Gasteiger partial charge in [-0.15, -0.1) is 0 Å². The number of rotatable bonds is 1. The van der Waals surface area contributed by atoms with Crippen LogP contribution in [0.4, 0.5) is 0 Å². The monoisotopic (exact) mass is 235 g/mol. The third-order valence-electron chi connectivity index (χ3n) is 3.14. The molecule has 3 rings (SSSR count). The molecular formula is C16H13NO. The molecule has 0 spiro atoms. The van der Waals surface area contributed by atoms with Crippen molar-refractivity contribution < 1.29 is 4.79 Å². The van der Waals surface area contributed by atoms with Crippen LogP contribution in [-0.2, 0) is 0 Å². The molecule has 0 aliphatic carbocycles. The topological polar surface area (TPSA) is 22.0 Å². The maximum Gasteiger partial charge on any atom is 0.227 e. The molecule has 2 aromatic carbocycles. The Balaban J connectivity index is 2.21. The molecule has 1 heterocycles. The maximum absolute atomic E-state index is 11.5. The van der Waals surface area contributed by atoms with Crippen LogP contribution in [0, 0.1) is 0 Å². The van der Waals surface area contributed by atoms with Crippen molar-refractivity contribution in [2.24, 2.45) is 0 Å². The van der Waals surface area contributed by atoms with E-state index < -0.39 is 0 Å². The van der Waals surface area contributed by atoms with Gasteiger partial charge in [0.15, 0.2) is 0 Å². The van der Waals surface area contributed by atoms with Crippen molar-refractivity contribution in [3.05, 3.63) is 60.8 Å². The van der Waals surface area contributed by atoms with Gasteiger partial charge in [-0.05, 0) is 23.3 Å². The van der Waals surface area contributed by atoms with Gasteiger partial charge in [0, 0.05) is 18.5 Å². The first-order valence-corrected chi connectivity index (χ1v) is 5.93. The second-order valence-electron chi connectivity index (χ2n) is 4.34. The van der Waals surface area contributed by atoms with E-state index in [4.69, 9.17) is 0 Å². The summed E-state index contributed by atoms with van der Waals surface area (Å²) in [6.45, 7) is 1.58. The van der Waals surface area contributed by atoms with Gasteiger partial charge in [0.25, 0.3) is 0 Å². The molecule has 0 bridgehead atoms. The minimum absolute atomic E-state index is 0.0372. The molecule has 0 aliphatic rings. The summed E-state index contributed by atoms with van der Waals surface area (Å²) in [7, 11) is 0. The van der Waals surface area contributed by atoms with E-state index in [1.807, 2.05) is 30.5 Å². The molecule has 0 saturated heterocycles. The summed E-state index contributed by atoms with van der Waals surface area (Å²) in [5, 5.41) is 1.09. The van der Waals surface area contributed by atoms with Crippen molar-refractivity contribution in [2.75, 3.05) is 0 Å². The van der Waals surface area contributed by atoms with Gasteiger partial charge in [0.1, 0.15) is 0 Å². The van der Waals surface area contributed by atoms with Crippen LogP contribution < -0.4 is 0 Å². The van der Waals surface area contributed by atoms with Gasteiger partial charge in [-0.3, -0.25) is 9.36 Å². The first kappa shape index (κ1) is 10.8. The molecule has 0 unspecified atom stereocenters. The lowest BCUT2D eigenvalue weighted by Gasteiger charge is -2.04. The number of carbonyl (C=O) groups is 1. The van der Waals surface area contributed by atoms with E-state index in [-0.39, 0.29) is 5.91 Å². The Morgan fingerprint density at radius 2 is 1.72 bits per heavy atom. The molecule has 0 fully saturated rings. The minimum Gasteiger partial charge on any atom is -0.287 e. The van der Waals surface area contributed by atoms with Crippen LogP contribution in [0.2, 0.25) is 0 Å². The van der Waals surface area contributed by atoms with Crippen molar-refractivity contribution in [1.82, 2.24) is 4.57 Å². The summed E-state index contributed by atoms with van der Waals surface area (Å²) in [6.07, 6.45) is 1.82. The van der Waals surface area contributed by atoms with Gasteiger partial charge in [0.05, 0.1) is 5.52 Å². The van der Waals surface area contributed by atoms with E-state index in [9.17, 15) is 4.79 Å². The summed E-state index contributed by atoms with van der Waals surface area (Å²) in [5.74, 6) is 0.0372. The molecule has 0 aliphatic heterocycles. The number of benzene rings is 2. The largest absolute Gasteiger partial charge is 0.287 e. The number of hydrogen-bond acceptors (Lipinski definition) is 1. The van der Waals surface area contributed by atoms with Gasteiger partial charge in [-0.1, -0.05) is 42.5 Å². The number of hydrogen-bond donors (Lipinski definition) is 0. The first-order valence-electron chi connectivity index (χ1n) is 5.93. The zero-order valence-corrected chi connectivity index (χ0v) is 10.1. The van der Waals surface area contributed by atoms with E-state index in [1.54, 1.807) is 11.5 Å². The summed E-state index contributed by atoms with van der Waals surface area (Å²) in [6, 6.07) is 18.3. The van der Waals surface area contributed by atoms with Crippen LogP contribution >= 0.6 is 0 Å². The quantitative estimate of drug-likeness (QED) is 0.625. The highest BCUT2D eigenvalue weighted by Gasteiger charge is 2.06. The fraction of sp³-hybridized carbons (Fsp3) is 0.0625. The van der Waals surface area contributed by atoms with Crippen LogP contribution in [0.25, 0.3) is 22.0 Å². The maximum atomic E-state index is 11.5. The number of nitrogens with zero attached hydrogens (tertiary/aromatic N) is 1. The lowest BCUT2D eigenvalue weighted by Crippen LogP contribution is -2.02. The molecule has 0 radical (unpaired) electrons. The van der Waals surface area contributed by atoms with Crippen LogP contribution in [0.15, 0.2) is 60.8 Å². The van der Waals surface area contributed by atoms with Crippen molar-refractivity contribution >= 4 is 16.8 Å². The van der Waals surface area contributed by atoms with Gasteiger partial charge < -0.3 is 0 Å². The summed E-state index contributed by atoms with van der Waals surface area (Å²) in [4.78, 5) is 11.5. The SMILES string of the molecule is CC(=O)n1ccc2ccc(-c3ccccc3)cc21. The number of carbonyl (C=O) groups excluding carboxylic acids is 1. The van der Waals surface area contributed by atoms with E-state index >= 15 is 0 Å². The van der Waals surface area contributed by atoms with Gasteiger partial charge in [-0.25, -0.2) is 0 Å². The van der Waals surface area contributed by atoms with E-state index in [0.29, 0.717) is 0 Å². The second kappa shape index (κ2) is 4.15. The third-order valence-corrected chi connectivity index (χ3v) is 3.14. The zero-order valence-electron chi connectivity index (χ0n) is 10.1. The third kappa shape index (κ3) is 1.72. The molecule has 0 N–H and O–H groups in total. The van der Waals surface area contributed by atoms with E-state index in [2.05, 4.69) is 30.3 Å². The first-order chi connectivity index (χ1) is 8.75. The lowest BCUT2D eigenvalue weighted by atomic mass is 10.0. The molecule has 2 nitrogen and oxygen atoms in total. The van der Waals surface area contributed by atoms with Crippen molar-refractivity contribution in [3.8, 4) is 11.1 Å². The highest BCUT2D eigenvalue weighted by molar-refractivity contribution is 5.93. The van der Waals surface area contributed by atoms with Crippen molar-refractivity contribution in [1.29, 1.82) is 0 Å². The molecule has 2 heteroatoms. The Bertz CT molecular complexity index is 710. The van der Waals surface area contributed by atoms with Crippen molar-refractivity contribution in [2.45, 2.75) is 6.92 Å². The lowest BCUT2D eigenvalue weighted by molar-refractivity contribution is 0.0941. The van der Waals surface area contributed by atoms with Gasteiger partial charge in [-0.2, -0.15) is 0 Å². The van der Waals surface area contributed by atoms with Gasteiger partial charge in [0.2, 0.25) is 5.91 Å². The highest BCUT2D eigenvalue weighted by atomic mass is 16.1. The minimum atomic E-state index is 0.0372. The second-order valence-corrected chi connectivity index (χ2v) is 4.34. The van der Waals surface area contributed by atoms with E-state index in [0.717, 1.165) is 22.0 Å². The summed E-state index contributed by atoms with van der Waals surface area (Å²) in [5.41, 5.74) is 3.25. The average Bonchev–Trinajstić information content (AvgIpc) is 2.82. The molecule has 88 valence electrons.